The van der Waals surface area contributed by atoms with E-state index in [0.29, 0.717) is 10.8 Å². The predicted molar refractivity (Wildman–Crippen MR) is 65.1 cm³/mol. The van der Waals surface area contributed by atoms with Crippen molar-refractivity contribution >= 4 is 10.8 Å². The van der Waals surface area contributed by atoms with Gasteiger partial charge in [0, 0.05) is 10.8 Å². The van der Waals surface area contributed by atoms with Crippen LogP contribution in [0.5, 0.6) is 23.0 Å². The zero-order valence-corrected chi connectivity index (χ0v) is 9.94. The molecule has 0 bridgehead atoms. The molecule has 0 radical (unpaired) electrons. The van der Waals surface area contributed by atoms with E-state index in [9.17, 15) is 10.2 Å². The van der Waals surface area contributed by atoms with Gasteiger partial charge in [-0.25, -0.2) is 0 Å². The van der Waals surface area contributed by atoms with E-state index in [2.05, 4.69) is 0 Å². The van der Waals surface area contributed by atoms with Crippen molar-refractivity contribution < 1.29 is 19.7 Å². The van der Waals surface area contributed by atoms with Crippen LogP contribution in [0.1, 0.15) is 5.56 Å². The Morgan fingerprint density at radius 2 is 1.53 bits per heavy atom. The zero-order valence-electron chi connectivity index (χ0n) is 9.94. The molecule has 0 heterocycles. The summed E-state index contributed by atoms with van der Waals surface area (Å²) in [5.41, 5.74) is 0.858. The van der Waals surface area contributed by atoms with Crippen molar-refractivity contribution in [2.24, 2.45) is 0 Å². The second-order valence-electron chi connectivity index (χ2n) is 3.76. The number of rotatable bonds is 2. The van der Waals surface area contributed by atoms with Gasteiger partial charge in [0.25, 0.3) is 0 Å². The fraction of sp³-hybridized carbons (Fsp3) is 0.231. The third-order valence-electron chi connectivity index (χ3n) is 2.81. The number of aromatic hydroxyl groups is 2. The molecule has 0 aliphatic heterocycles. The fourth-order valence-corrected chi connectivity index (χ4v) is 2.01. The molecule has 90 valence electrons. The van der Waals surface area contributed by atoms with Crippen molar-refractivity contribution in [1.29, 1.82) is 0 Å². The molecule has 2 aromatic rings. The lowest BCUT2D eigenvalue weighted by Gasteiger charge is -2.15. The van der Waals surface area contributed by atoms with Crippen molar-refractivity contribution in [3.63, 3.8) is 0 Å². The highest BCUT2D eigenvalue weighted by molar-refractivity contribution is 6.00. The lowest BCUT2D eigenvalue weighted by atomic mass is 10.0. The van der Waals surface area contributed by atoms with Gasteiger partial charge in [-0.1, -0.05) is 18.2 Å². The molecule has 2 rings (SSSR count). The van der Waals surface area contributed by atoms with Crippen molar-refractivity contribution in [3.8, 4) is 23.0 Å². The Kier molecular flexibility index (Phi) is 2.71. The molecular weight excluding hydrogens is 220 g/mol. The Hall–Kier alpha value is -2.10. The highest BCUT2D eigenvalue weighted by Gasteiger charge is 2.21. The first-order valence-corrected chi connectivity index (χ1v) is 5.17. The van der Waals surface area contributed by atoms with Crippen LogP contribution in [-0.4, -0.2) is 24.4 Å². The van der Waals surface area contributed by atoms with Crippen molar-refractivity contribution in [2.45, 2.75) is 6.92 Å². The number of methoxy groups -OCH3 is 2. The second-order valence-corrected chi connectivity index (χ2v) is 3.76. The van der Waals surface area contributed by atoms with E-state index in [1.54, 1.807) is 6.07 Å². The summed E-state index contributed by atoms with van der Waals surface area (Å²) in [6.07, 6.45) is 0. The smallest absolute Gasteiger partial charge is 0.207 e. The maximum Gasteiger partial charge on any atom is 0.207 e. The van der Waals surface area contributed by atoms with Crippen molar-refractivity contribution in [1.82, 2.24) is 0 Å². The average Bonchev–Trinajstić information content (AvgIpc) is 2.33. The number of benzene rings is 2. The summed E-state index contributed by atoms with van der Waals surface area (Å²) >= 11 is 0. The van der Waals surface area contributed by atoms with E-state index in [4.69, 9.17) is 9.47 Å². The van der Waals surface area contributed by atoms with Crippen LogP contribution in [0.3, 0.4) is 0 Å². The van der Waals surface area contributed by atoms with Gasteiger partial charge in [-0.05, 0) is 12.5 Å². The minimum atomic E-state index is -0.0270. The number of aryl methyl sites for hydroxylation is 1. The Labute approximate surface area is 99.0 Å². The Morgan fingerprint density at radius 1 is 0.941 bits per heavy atom. The van der Waals surface area contributed by atoms with Gasteiger partial charge < -0.3 is 19.7 Å². The minimum Gasteiger partial charge on any atom is -0.504 e. The fourth-order valence-electron chi connectivity index (χ4n) is 2.01. The van der Waals surface area contributed by atoms with Crippen LogP contribution in [0.2, 0.25) is 0 Å². The first-order valence-electron chi connectivity index (χ1n) is 5.17. The van der Waals surface area contributed by atoms with Crippen molar-refractivity contribution in [2.75, 3.05) is 14.2 Å². The number of phenolic OH excluding ortho intramolecular Hbond substituents is 2. The molecular formula is C13H14O4. The summed E-state index contributed by atoms with van der Waals surface area (Å²) < 4.78 is 10.1. The molecule has 0 atom stereocenters. The molecule has 0 fully saturated rings. The molecule has 0 aliphatic carbocycles. The van der Waals surface area contributed by atoms with Gasteiger partial charge in [-0.15, -0.1) is 0 Å². The van der Waals surface area contributed by atoms with Crippen LogP contribution >= 0.6 is 0 Å². The lowest BCUT2D eigenvalue weighted by Crippen LogP contribution is -1.93. The topological polar surface area (TPSA) is 58.9 Å². The molecule has 0 saturated carbocycles. The largest absolute Gasteiger partial charge is 0.504 e. The zero-order chi connectivity index (χ0) is 12.6. The molecule has 4 nitrogen and oxygen atoms in total. The minimum absolute atomic E-state index is 0.0183. The van der Waals surface area contributed by atoms with Crippen LogP contribution < -0.4 is 9.47 Å². The summed E-state index contributed by atoms with van der Waals surface area (Å²) in [6, 6.07) is 5.38. The Balaban J connectivity index is 2.99. The Bertz CT molecular complexity index is 575. The quantitative estimate of drug-likeness (QED) is 0.784. The van der Waals surface area contributed by atoms with Gasteiger partial charge in [-0.2, -0.15) is 0 Å². The summed E-state index contributed by atoms with van der Waals surface area (Å²) in [5, 5.41) is 21.4. The van der Waals surface area contributed by atoms with Crippen LogP contribution in [0.15, 0.2) is 18.2 Å². The molecule has 17 heavy (non-hydrogen) atoms. The number of hydrogen-bond acceptors (Lipinski definition) is 4. The van der Waals surface area contributed by atoms with Gasteiger partial charge >= 0.3 is 0 Å². The van der Waals surface area contributed by atoms with Gasteiger partial charge in [0.1, 0.15) is 0 Å². The highest BCUT2D eigenvalue weighted by Crippen LogP contribution is 2.50. The first kappa shape index (κ1) is 11.4. The summed E-state index contributed by atoms with van der Waals surface area (Å²) in [7, 11) is 2.83. The standard InChI is InChI=1S/C13H14O4/c1-7-5-4-6-8-9(7)11(15)13(17-3)12(16-2)10(8)14/h4-6,14-15H,1-3H3. The maximum absolute atomic E-state index is 10.2. The number of phenols is 2. The molecule has 0 saturated heterocycles. The normalized spacial score (nSPS) is 10.5. The number of hydrogen-bond donors (Lipinski definition) is 2. The summed E-state index contributed by atoms with van der Waals surface area (Å²) in [5.74, 6) is 0.242. The average molecular weight is 234 g/mol. The van der Waals surface area contributed by atoms with E-state index < -0.39 is 0 Å². The predicted octanol–water partition coefficient (Wildman–Crippen LogP) is 2.58. The second kappa shape index (κ2) is 4.05. The molecule has 0 aromatic heterocycles. The van der Waals surface area contributed by atoms with Gasteiger partial charge in [-0.3, -0.25) is 0 Å². The molecule has 0 unspecified atom stereocenters. The molecule has 2 N–H and O–H groups in total. The lowest BCUT2D eigenvalue weighted by molar-refractivity contribution is 0.320. The van der Waals surface area contributed by atoms with Gasteiger partial charge in [0.05, 0.1) is 14.2 Å². The van der Waals surface area contributed by atoms with Crippen LogP contribution in [0.4, 0.5) is 0 Å². The van der Waals surface area contributed by atoms with Gasteiger partial charge in [0.15, 0.2) is 11.5 Å². The van der Waals surface area contributed by atoms with E-state index in [1.807, 2.05) is 19.1 Å². The molecule has 4 heteroatoms. The SMILES string of the molecule is COc1c(OC)c(O)c2c(C)cccc2c1O. The highest BCUT2D eigenvalue weighted by atomic mass is 16.5. The molecule has 2 aromatic carbocycles. The maximum atomic E-state index is 10.2. The molecule has 0 spiro atoms. The summed E-state index contributed by atoms with van der Waals surface area (Å²) in [6.45, 7) is 1.85. The third-order valence-corrected chi connectivity index (χ3v) is 2.81. The number of fused-ring (bicyclic) bond motifs is 1. The van der Waals surface area contributed by atoms with E-state index in [1.165, 1.54) is 14.2 Å². The van der Waals surface area contributed by atoms with Crippen molar-refractivity contribution in [3.05, 3.63) is 23.8 Å². The van der Waals surface area contributed by atoms with Crippen LogP contribution in [-0.2, 0) is 0 Å². The van der Waals surface area contributed by atoms with Crippen LogP contribution in [0.25, 0.3) is 10.8 Å². The first-order chi connectivity index (χ1) is 8.11. The molecule has 0 aliphatic rings. The van der Waals surface area contributed by atoms with E-state index >= 15 is 0 Å². The number of ether oxygens (including phenoxy) is 2. The monoisotopic (exact) mass is 234 g/mol. The van der Waals surface area contributed by atoms with Gasteiger partial charge in [0.2, 0.25) is 11.5 Å². The Morgan fingerprint density at radius 3 is 2.12 bits per heavy atom. The van der Waals surface area contributed by atoms with Crippen LogP contribution in [0, 0.1) is 6.92 Å². The third kappa shape index (κ3) is 1.53. The van der Waals surface area contributed by atoms with E-state index in [0.717, 1.165) is 5.56 Å². The molecule has 0 amide bonds. The summed E-state index contributed by atoms with van der Waals surface area (Å²) in [4.78, 5) is 0. The van der Waals surface area contributed by atoms with E-state index in [-0.39, 0.29) is 23.0 Å².